The second-order valence-corrected chi connectivity index (χ2v) is 11.5. The zero-order valence-corrected chi connectivity index (χ0v) is 25.4. The molecule has 9 nitrogen and oxygen atoms in total. The summed E-state index contributed by atoms with van der Waals surface area (Å²) < 4.78 is 20.0. The van der Waals surface area contributed by atoms with Gasteiger partial charge in [0.15, 0.2) is 5.83 Å². The van der Waals surface area contributed by atoms with Crippen LogP contribution in [0.1, 0.15) is 37.4 Å². The number of carbonyl (C=O) groups excluding carboxylic acids is 1. The van der Waals surface area contributed by atoms with Gasteiger partial charge in [0.25, 0.3) is 5.91 Å². The Morgan fingerprint density at radius 1 is 1.21 bits per heavy atom. The molecule has 0 bridgehead atoms. The number of ether oxygens (including phenoxy) is 1. The van der Waals surface area contributed by atoms with Crippen molar-refractivity contribution in [1.29, 1.82) is 5.26 Å². The minimum absolute atomic E-state index is 0.0652. The Hall–Kier alpha value is -3.94. The van der Waals surface area contributed by atoms with Gasteiger partial charge in [0.2, 0.25) is 0 Å². The van der Waals surface area contributed by atoms with E-state index in [0.29, 0.717) is 49.5 Å². The first-order chi connectivity index (χ1) is 20.8. The van der Waals surface area contributed by atoms with Crippen molar-refractivity contribution in [2.75, 3.05) is 50.1 Å². The highest BCUT2D eigenvalue weighted by atomic mass is 35.5. The first-order valence-electron chi connectivity index (χ1n) is 14.7. The lowest BCUT2D eigenvalue weighted by Gasteiger charge is -2.41. The summed E-state index contributed by atoms with van der Waals surface area (Å²) in [5, 5.41) is 15.7. The SMILES string of the molecule is C=C(F)C(=O)N1CCN(c2nc(OC[C@@H]3CCCN3C)nc(CNc3cccc4cccc(Cl)c34)c2CC)C[C@@H]1CC#N. The summed E-state index contributed by atoms with van der Waals surface area (Å²) in [4.78, 5) is 28.0. The fourth-order valence-electron chi connectivity index (χ4n) is 6.06. The molecule has 11 heteroatoms. The first kappa shape index (κ1) is 30.5. The van der Waals surface area contributed by atoms with Crippen LogP contribution in [0.3, 0.4) is 0 Å². The monoisotopic (exact) mass is 605 g/mol. The van der Waals surface area contributed by atoms with E-state index in [0.717, 1.165) is 47.1 Å². The second kappa shape index (κ2) is 13.6. The van der Waals surface area contributed by atoms with Gasteiger partial charge in [-0.2, -0.15) is 15.2 Å². The van der Waals surface area contributed by atoms with Gasteiger partial charge >= 0.3 is 6.01 Å². The van der Waals surface area contributed by atoms with E-state index in [4.69, 9.17) is 26.3 Å². The highest BCUT2D eigenvalue weighted by molar-refractivity contribution is 6.36. The Balaban J connectivity index is 1.48. The third-order valence-electron chi connectivity index (χ3n) is 8.38. The molecule has 2 fully saturated rings. The average Bonchev–Trinajstić information content (AvgIpc) is 3.42. The van der Waals surface area contributed by atoms with Crippen LogP contribution in [0.2, 0.25) is 5.02 Å². The fourth-order valence-corrected chi connectivity index (χ4v) is 6.35. The van der Waals surface area contributed by atoms with Crippen LogP contribution in [-0.2, 0) is 17.8 Å². The maximum absolute atomic E-state index is 13.8. The molecule has 1 amide bonds. The highest BCUT2D eigenvalue weighted by Gasteiger charge is 2.34. The number of aromatic nitrogens is 2. The fraction of sp³-hybridized carbons (Fsp3) is 0.438. The topological polar surface area (TPSA) is 97.6 Å². The van der Waals surface area contributed by atoms with Crippen LogP contribution in [0.4, 0.5) is 15.9 Å². The van der Waals surface area contributed by atoms with Gasteiger partial charge in [-0.3, -0.25) is 4.79 Å². The number of benzene rings is 2. The lowest BCUT2D eigenvalue weighted by Crippen LogP contribution is -2.55. The van der Waals surface area contributed by atoms with Crippen molar-refractivity contribution in [3.8, 4) is 12.1 Å². The van der Waals surface area contributed by atoms with E-state index in [9.17, 15) is 14.4 Å². The third kappa shape index (κ3) is 6.68. The van der Waals surface area contributed by atoms with Gasteiger partial charge in [0.1, 0.15) is 12.4 Å². The number of nitriles is 1. The molecule has 0 spiro atoms. The van der Waals surface area contributed by atoms with Crippen molar-refractivity contribution in [3.63, 3.8) is 0 Å². The van der Waals surface area contributed by atoms with E-state index in [1.807, 2.05) is 43.3 Å². The summed E-state index contributed by atoms with van der Waals surface area (Å²) >= 11 is 6.59. The Bertz CT molecular complexity index is 1540. The van der Waals surface area contributed by atoms with E-state index in [-0.39, 0.29) is 19.0 Å². The molecule has 2 aliphatic rings. The largest absolute Gasteiger partial charge is 0.462 e. The number of likely N-dealkylation sites (N-methyl/N-ethyl adjacent to an activating group) is 1. The molecule has 2 aliphatic heterocycles. The van der Waals surface area contributed by atoms with Crippen molar-refractivity contribution in [1.82, 2.24) is 19.8 Å². The highest BCUT2D eigenvalue weighted by Crippen LogP contribution is 2.32. The van der Waals surface area contributed by atoms with E-state index in [2.05, 4.69) is 34.8 Å². The predicted octanol–water partition coefficient (Wildman–Crippen LogP) is 5.34. The van der Waals surface area contributed by atoms with Gasteiger partial charge in [-0.1, -0.05) is 49.4 Å². The smallest absolute Gasteiger partial charge is 0.318 e. The number of rotatable bonds is 10. The van der Waals surface area contributed by atoms with E-state index in [1.165, 1.54) is 4.90 Å². The zero-order chi connectivity index (χ0) is 30.5. The summed E-state index contributed by atoms with van der Waals surface area (Å²) in [7, 11) is 2.10. The van der Waals surface area contributed by atoms with Gasteiger partial charge in [0, 0.05) is 42.3 Å². The van der Waals surface area contributed by atoms with Gasteiger partial charge in [-0.25, -0.2) is 4.39 Å². The first-order valence-corrected chi connectivity index (χ1v) is 15.1. The van der Waals surface area contributed by atoms with Crippen LogP contribution in [0.5, 0.6) is 6.01 Å². The molecule has 2 saturated heterocycles. The summed E-state index contributed by atoms with van der Waals surface area (Å²) in [5.74, 6) is -1.10. The Kier molecular flexibility index (Phi) is 9.63. The molecule has 0 aliphatic carbocycles. The van der Waals surface area contributed by atoms with Crippen LogP contribution in [0, 0.1) is 11.3 Å². The molecule has 1 N–H and O–H groups in total. The van der Waals surface area contributed by atoms with Gasteiger partial charge in [-0.05, 0) is 50.4 Å². The molecule has 2 atom stereocenters. The lowest BCUT2D eigenvalue weighted by molar-refractivity contribution is -0.131. The summed E-state index contributed by atoms with van der Waals surface area (Å²) in [6.45, 7) is 8.13. The van der Waals surface area contributed by atoms with Gasteiger partial charge in [0.05, 0.1) is 35.8 Å². The molecule has 2 aromatic carbocycles. The maximum Gasteiger partial charge on any atom is 0.318 e. The van der Waals surface area contributed by atoms with Crippen LogP contribution >= 0.6 is 11.6 Å². The number of hydrogen-bond acceptors (Lipinski definition) is 8. The molecule has 3 heterocycles. The predicted molar refractivity (Wildman–Crippen MR) is 167 cm³/mol. The summed E-state index contributed by atoms with van der Waals surface area (Å²) in [6, 6.07) is 14.1. The molecule has 43 heavy (non-hydrogen) atoms. The van der Waals surface area contributed by atoms with E-state index in [1.54, 1.807) is 0 Å². The van der Waals surface area contributed by atoms with Gasteiger partial charge in [-0.15, -0.1) is 0 Å². The normalized spacial score (nSPS) is 19.0. The van der Waals surface area contributed by atoms with Crippen molar-refractivity contribution >= 4 is 39.8 Å². The van der Waals surface area contributed by atoms with Crippen LogP contribution in [0.15, 0.2) is 48.8 Å². The number of carbonyl (C=O) groups is 1. The Morgan fingerprint density at radius 3 is 2.70 bits per heavy atom. The molecule has 226 valence electrons. The summed E-state index contributed by atoms with van der Waals surface area (Å²) in [5.41, 5.74) is 2.63. The number of amides is 1. The Labute approximate surface area is 256 Å². The van der Waals surface area contributed by atoms with E-state index >= 15 is 0 Å². The molecule has 3 aromatic rings. The van der Waals surface area contributed by atoms with Gasteiger partial charge < -0.3 is 24.8 Å². The molecule has 0 radical (unpaired) electrons. The van der Waals surface area contributed by atoms with Crippen LogP contribution in [-0.4, -0.2) is 77.6 Å². The minimum Gasteiger partial charge on any atom is -0.462 e. The molecule has 0 unspecified atom stereocenters. The number of halogens is 2. The van der Waals surface area contributed by atoms with Crippen molar-refractivity contribution in [2.24, 2.45) is 0 Å². The van der Waals surface area contributed by atoms with Crippen molar-refractivity contribution in [2.45, 2.75) is 51.2 Å². The number of nitrogens with one attached hydrogen (secondary N) is 1. The molecular formula is C32H37ClFN7O2. The Morgan fingerprint density at radius 2 is 2.00 bits per heavy atom. The molecule has 5 rings (SSSR count). The number of piperazine rings is 1. The van der Waals surface area contributed by atoms with E-state index < -0.39 is 17.8 Å². The van der Waals surface area contributed by atoms with Crippen molar-refractivity contribution in [3.05, 3.63) is 65.1 Å². The van der Waals surface area contributed by atoms with Crippen molar-refractivity contribution < 1.29 is 13.9 Å². The minimum atomic E-state index is -1.03. The number of fused-ring (bicyclic) bond motifs is 1. The quantitative estimate of drug-likeness (QED) is 0.309. The second-order valence-electron chi connectivity index (χ2n) is 11.1. The average molecular weight is 606 g/mol. The summed E-state index contributed by atoms with van der Waals surface area (Å²) in [6.07, 6.45) is 2.90. The molecule has 0 saturated carbocycles. The molecular weight excluding hydrogens is 569 g/mol. The number of anilines is 2. The van der Waals surface area contributed by atoms with Crippen LogP contribution < -0.4 is 15.0 Å². The zero-order valence-electron chi connectivity index (χ0n) is 24.7. The number of nitrogens with zero attached hydrogens (tertiary/aromatic N) is 6. The maximum atomic E-state index is 13.8. The third-order valence-corrected chi connectivity index (χ3v) is 8.70. The molecule has 1 aromatic heterocycles. The lowest BCUT2D eigenvalue weighted by atomic mass is 10.1. The standard InChI is InChI=1S/C32H37ClFN7O2/c1-4-25-28(18-36-27-12-6-9-22-8-5-11-26(33)29(22)27)37-32(43-20-24-10-7-15-39(24)3)38-30(25)40-16-17-41(31(42)21(2)34)23(19-40)13-14-35/h5-6,8-9,11-12,23-24,36H,2,4,7,10,13,15-20H2,1,3H3/t23-,24-/m0/s1. The van der Waals surface area contributed by atoms with Crippen LogP contribution in [0.25, 0.3) is 10.8 Å². The number of likely N-dealkylation sites (tertiary alicyclic amines) is 1. The number of hydrogen-bond donors (Lipinski definition) is 1.